The molecular formula is C76H136O6. The van der Waals surface area contributed by atoms with Crippen LogP contribution in [-0.4, -0.2) is 37.2 Å². The maximum absolute atomic E-state index is 13.0. The molecule has 0 rings (SSSR count). The molecule has 0 aromatic carbocycles. The lowest BCUT2D eigenvalue weighted by molar-refractivity contribution is -0.167. The van der Waals surface area contributed by atoms with E-state index < -0.39 is 6.10 Å². The van der Waals surface area contributed by atoms with Gasteiger partial charge in [0.2, 0.25) is 0 Å². The van der Waals surface area contributed by atoms with E-state index in [0.29, 0.717) is 19.3 Å². The van der Waals surface area contributed by atoms with E-state index in [9.17, 15) is 14.4 Å². The molecule has 0 aliphatic rings. The first-order valence-electron chi connectivity index (χ1n) is 35.9. The second-order valence-electron chi connectivity index (χ2n) is 24.1. The normalized spacial score (nSPS) is 12.5. The van der Waals surface area contributed by atoms with Crippen molar-refractivity contribution in [1.29, 1.82) is 0 Å². The van der Waals surface area contributed by atoms with Gasteiger partial charge in [-0.1, -0.05) is 318 Å². The molecule has 0 spiro atoms. The van der Waals surface area contributed by atoms with E-state index in [0.717, 1.165) is 89.9 Å². The second kappa shape index (κ2) is 70.3. The minimum absolute atomic E-state index is 0.0747. The topological polar surface area (TPSA) is 78.9 Å². The van der Waals surface area contributed by atoms with Crippen LogP contribution in [0.2, 0.25) is 0 Å². The van der Waals surface area contributed by atoms with Gasteiger partial charge in [-0.3, -0.25) is 14.4 Å². The van der Waals surface area contributed by atoms with Gasteiger partial charge in [0, 0.05) is 19.3 Å². The van der Waals surface area contributed by atoms with Crippen molar-refractivity contribution in [3.63, 3.8) is 0 Å². The zero-order valence-corrected chi connectivity index (χ0v) is 54.8. The Labute approximate surface area is 510 Å². The van der Waals surface area contributed by atoms with Crippen LogP contribution in [0.3, 0.4) is 0 Å². The Morgan fingerprint density at radius 1 is 0.256 bits per heavy atom. The van der Waals surface area contributed by atoms with Gasteiger partial charge in [0.25, 0.3) is 0 Å². The van der Waals surface area contributed by atoms with E-state index in [1.807, 2.05) is 0 Å². The predicted octanol–water partition coefficient (Wildman–Crippen LogP) is 24.8. The lowest BCUT2D eigenvalue weighted by Crippen LogP contribution is -2.30. The number of ether oxygens (including phenoxy) is 3. The summed E-state index contributed by atoms with van der Waals surface area (Å²) in [5.41, 5.74) is 0. The van der Waals surface area contributed by atoms with Crippen LogP contribution in [0, 0.1) is 0 Å². The highest BCUT2D eigenvalue weighted by atomic mass is 16.6. The monoisotopic (exact) mass is 1150 g/mol. The van der Waals surface area contributed by atoms with Crippen molar-refractivity contribution in [2.75, 3.05) is 13.2 Å². The predicted molar refractivity (Wildman–Crippen MR) is 358 cm³/mol. The van der Waals surface area contributed by atoms with Crippen LogP contribution in [0.1, 0.15) is 374 Å². The molecule has 0 aliphatic heterocycles. The fourth-order valence-electron chi connectivity index (χ4n) is 10.5. The van der Waals surface area contributed by atoms with Gasteiger partial charge in [0.1, 0.15) is 13.2 Å². The molecule has 476 valence electrons. The lowest BCUT2D eigenvalue weighted by atomic mass is 10.0. The van der Waals surface area contributed by atoms with Gasteiger partial charge in [-0.2, -0.15) is 0 Å². The zero-order valence-electron chi connectivity index (χ0n) is 54.8. The molecule has 6 nitrogen and oxygen atoms in total. The number of allylic oxidation sites excluding steroid dienone is 12. The quantitative estimate of drug-likeness (QED) is 0.0261. The van der Waals surface area contributed by atoms with Crippen molar-refractivity contribution in [2.45, 2.75) is 380 Å². The zero-order chi connectivity index (χ0) is 59.2. The molecule has 0 amide bonds. The fourth-order valence-corrected chi connectivity index (χ4v) is 10.5. The number of hydrogen-bond acceptors (Lipinski definition) is 6. The van der Waals surface area contributed by atoms with E-state index in [4.69, 9.17) is 14.2 Å². The average molecular weight is 1150 g/mol. The third-order valence-corrected chi connectivity index (χ3v) is 15.9. The molecule has 0 N–H and O–H groups in total. The smallest absolute Gasteiger partial charge is 0.306 e. The van der Waals surface area contributed by atoms with Crippen molar-refractivity contribution in [1.82, 2.24) is 0 Å². The first-order chi connectivity index (χ1) is 40.5. The third kappa shape index (κ3) is 67.6. The number of hydrogen-bond donors (Lipinski definition) is 0. The highest BCUT2D eigenvalue weighted by molar-refractivity contribution is 5.71. The van der Waals surface area contributed by atoms with E-state index in [-0.39, 0.29) is 31.1 Å². The maximum Gasteiger partial charge on any atom is 0.306 e. The molecule has 0 aliphatic carbocycles. The van der Waals surface area contributed by atoms with Crippen LogP contribution < -0.4 is 0 Å². The summed E-state index contributed by atoms with van der Waals surface area (Å²) in [5, 5.41) is 0. The first-order valence-corrected chi connectivity index (χ1v) is 35.9. The molecular weight excluding hydrogens is 1010 g/mol. The van der Waals surface area contributed by atoms with Crippen molar-refractivity contribution >= 4 is 17.9 Å². The van der Waals surface area contributed by atoms with Crippen molar-refractivity contribution in [2.24, 2.45) is 0 Å². The number of esters is 3. The fraction of sp³-hybridized carbons (Fsp3) is 0.803. The Kier molecular flexibility index (Phi) is 67.6. The van der Waals surface area contributed by atoms with Crippen molar-refractivity contribution in [3.8, 4) is 0 Å². The van der Waals surface area contributed by atoms with Gasteiger partial charge in [0.05, 0.1) is 0 Å². The molecule has 0 aromatic heterocycles. The Balaban J connectivity index is 4.22. The van der Waals surface area contributed by atoms with Crippen LogP contribution in [0.4, 0.5) is 0 Å². The summed E-state index contributed by atoms with van der Waals surface area (Å²) >= 11 is 0. The molecule has 0 radical (unpaired) electrons. The van der Waals surface area contributed by atoms with Gasteiger partial charge < -0.3 is 14.2 Å². The van der Waals surface area contributed by atoms with Gasteiger partial charge in [0.15, 0.2) is 6.10 Å². The Hall–Kier alpha value is -3.15. The Bertz CT molecular complexity index is 1500. The standard InChI is InChI=1S/C76H136O6/c1-4-7-10-13-16-19-22-25-27-29-31-33-35-37-38-40-41-43-45-47-49-51-54-57-60-63-66-69-75(78)81-72-73(71-80-74(77)68-65-62-59-56-53-24-21-18-15-12-9-6-3)82-76(79)70-67-64-61-58-55-52-50-48-46-44-42-39-36-34-32-30-28-26-23-20-17-14-11-8-5-2/h7,10,16,18-19,21,25,27,30-33,73H,4-6,8-9,11-15,17,20,22-24,26,28-29,34-72H2,1-3H3/b10-7-,19-16-,21-18-,27-25-,32-30-,33-31-. The molecule has 0 aromatic rings. The maximum atomic E-state index is 13.0. The van der Waals surface area contributed by atoms with E-state index in [2.05, 4.69) is 93.7 Å². The summed E-state index contributed by atoms with van der Waals surface area (Å²) in [5.74, 6) is -0.864. The molecule has 1 unspecified atom stereocenters. The molecule has 6 heteroatoms. The van der Waals surface area contributed by atoms with E-state index in [1.54, 1.807) is 0 Å². The first kappa shape index (κ1) is 78.8. The number of unbranched alkanes of at least 4 members (excludes halogenated alkanes) is 43. The number of carbonyl (C=O) groups excluding carboxylic acids is 3. The molecule has 0 bridgehead atoms. The molecule has 82 heavy (non-hydrogen) atoms. The average Bonchev–Trinajstić information content (AvgIpc) is 3.47. The molecule has 0 heterocycles. The van der Waals surface area contributed by atoms with E-state index in [1.165, 1.54) is 244 Å². The van der Waals surface area contributed by atoms with Crippen LogP contribution in [0.5, 0.6) is 0 Å². The van der Waals surface area contributed by atoms with Crippen molar-refractivity contribution < 1.29 is 28.6 Å². The number of rotatable bonds is 66. The van der Waals surface area contributed by atoms with Gasteiger partial charge in [-0.05, 0) is 109 Å². The summed E-state index contributed by atoms with van der Waals surface area (Å²) in [4.78, 5) is 38.4. The van der Waals surface area contributed by atoms with Gasteiger partial charge >= 0.3 is 17.9 Å². The largest absolute Gasteiger partial charge is 0.462 e. The summed E-state index contributed by atoms with van der Waals surface area (Å²) in [6.45, 7) is 6.55. The summed E-state index contributed by atoms with van der Waals surface area (Å²) in [7, 11) is 0. The minimum atomic E-state index is -0.779. The van der Waals surface area contributed by atoms with Gasteiger partial charge in [-0.25, -0.2) is 0 Å². The summed E-state index contributed by atoms with van der Waals surface area (Å²) in [6.07, 6.45) is 92.2. The minimum Gasteiger partial charge on any atom is -0.462 e. The van der Waals surface area contributed by atoms with Gasteiger partial charge in [-0.15, -0.1) is 0 Å². The highest BCUT2D eigenvalue weighted by Gasteiger charge is 2.19. The van der Waals surface area contributed by atoms with Crippen LogP contribution in [0.15, 0.2) is 72.9 Å². The summed E-state index contributed by atoms with van der Waals surface area (Å²) < 4.78 is 17.0. The highest BCUT2D eigenvalue weighted by Crippen LogP contribution is 2.18. The van der Waals surface area contributed by atoms with Crippen LogP contribution >= 0.6 is 0 Å². The second-order valence-corrected chi connectivity index (χ2v) is 24.1. The molecule has 0 fully saturated rings. The van der Waals surface area contributed by atoms with E-state index >= 15 is 0 Å². The summed E-state index contributed by atoms with van der Waals surface area (Å²) in [6, 6.07) is 0. The number of carbonyl (C=O) groups is 3. The van der Waals surface area contributed by atoms with Crippen LogP contribution in [0.25, 0.3) is 0 Å². The Morgan fingerprint density at radius 3 is 0.780 bits per heavy atom. The van der Waals surface area contributed by atoms with Crippen molar-refractivity contribution in [3.05, 3.63) is 72.9 Å². The molecule has 0 saturated carbocycles. The molecule has 0 saturated heterocycles. The molecule has 1 atom stereocenters. The third-order valence-electron chi connectivity index (χ3n) is 15.9. The van der Waals surface area contributed by atoms with Crippen LogP contribution in [-0.2, 0) is 28.6 Å². The lowest BCUT2D eigenvalue weighted by Gasteiger charge is -2.18. The Morgan fingerprint density at radius 2 is 0.476 bits per heavy atom. The SMILES string of the molecule is CC/C=C\C/C=C\C/C=C\C/C=C\CCCCCCCCCCCCCCCCC(=O)OCC(COC(=O)CCCCCCC/C=C\CCCCC)OC(=O)CCCCCCCCCCCCCCC/C=C\CCCCCCCCCC.